The van der Waals surface area contributed by atoms with Crippen molar-refractivity contribution in [2.24, 2.45) is 5.73 Å². The fourth-order valence-electron chi connectivity index (χ4n) is 3.74. The van der Waals surface area contributed by atoms with Crippen LogP contribution in [0, 0.1) is 17.5 Å². The van der Waals surface area contributed by atoms with Crippen LogP contribution in [0.5, 0.6) is 0 Å². The Labute approximate surface area is 165 Å². The summed E-state index contributed by atoms with van der Waals surface area (Å²) in [5.74, 6) is -2.87. The van der Waals surface area contributed by atoms with Gasteiger partial charge in [-0.1, -0.05) is 0 Å². The van der Waals surface area contributed by atoms with Gasteiger partial charge >= 0.3 is 0 Å². The van der Waals surface area contributed by atoms with Crippen LogP contribution in [0.25, 0.3) is 0 Å². The lowest BCUT2D eigenvalue weighted by Gasteiger charge is -2.26. The highest BCUT2D eigenvalue weighted by Gasteiger charge is 2.34. The van der Waals surface area contributed by atoms with E-state index in [0.29, 0.717) is 31.6 Å². The van der Waals surface area contributed by atoms with Crippen LogP contribution >= 0.6 is 0 Å². The van der Waals surface area contributed by atoms with E-state index in [9.17, 15) is 18.0 Å². The molecule has 0 radical (unpaired) electrons. The molecule has 0 aliphatic carbocycles. The molecule has 2 fully saturated rings. The molecule has 0 spiro atoms. The van der Waals surface area contributed by atoms with Crippen LogP contribution in [-0.4, -0.2) is 51.4 Å². The number of hydrogen-bond acceptors (Lipinski definition) is 5. The van der Waals surface area contributed by atoms with Crippen LogP contribution in [0.3, 0.4) is 0 Å². The van der Waals surface area contributed by atoms with Crippen molar-refractivity contribution in [2.75, 3.05) is 19.8 Å². The van der Waals surface area contributed by atoms with E-state index < -0.39 is 23.5 Å². The summed E-state index contributed by atoms with van der Waals surface area (Å²) in [7, 11) is 0. The maximum atomic E-state index is 13.8. The van der Waals surface area contributed by atoms with Gasteiger partial charge in [0.05, 0.1) is 19.3 Å². The number of benzene rings is 1. The van der Waals surface area contributed by atoms with Crippen LogP contribution < -0.4 is 5.73 Å². The molecule has 10 heteroatoms. The number of nitrogens with two attached hydrogens (primary N) is 1. The lowest BCUT2D eigenvalue weighted by molar-refractivity contribution is -0.132. The molecule has 1 aromatic carbocycles. The van der Waals surface area contributed by atoms with Crippen molar-refractivity contribution in [3.63, 3.8) is 0 Å². The van der Waals surface area contributed by atoms with E-state index in [1.165, 1.54) is 0 Å². The number of carbonyl (C=O) groups excluding carboxylic acids is 1. The molecule has 7 nitrogen and oxygen atoms in total. The quantitative estimate of drug-likeness (QED) is 0.737. The minimum atomic E-state index is -1.25. The first-order chi connectivity index (χ1) is 13.9. The number of carbonyl (C=O) groups is 1. The first kappa shape index (κ1) is 19.8. The highest BCUT2D eigenvalue weighted by molar-refractivity contribution is 5.77. The Morgan fingerprint density at radius 3 is 2.72 bits per heavy atom. The molecule has 1 amide bonds. The number of aromatic nitrogens is 3. The number of likely N-dealkylation sites (tertiary alicyclic amines) is 1. The van der Waals surface area contributed by atoms with Crippen LogP contribution in [0.4, 0.5) is 13.2 Å². The van der Waals surface area contributed by atoms with Gasteiger partial charge in [-0.05, 0) is 30.9 Å². The molecule has 0 saturated carbocycles. The first-order valence-electron chi connectivity index (χ1n) is 9.59. The van der Waals surface area contributed by atoms with Crippen molar-refractivity contribution in [2.45, 2.75) is 43.8 Å². The lowest BCUT2D eigenvalue weighted by atomic mass is 10.0. The Bertz CT molecular complexity index is 902. The third-order valence-electron chi connectivity index (χ3n) is 5.40. The van der Waals surface area contributed by atoms with Crippen molar-refractivity contribution in [3.05, 3.63) is 47.3 Å². The smallest absolute Gasteiger partial charge is 0.224 e. The molecule has 2 saturated heterocycles. The molecule has 4 rings (SSSR count). The van der Waals surface area contributed by atoms with E-state index in [1.807, 2.05) is 0 Å². The van der Waals surface area contributed by atoms with Crippen LogP contribution in [0.15, 0.2) is 18.5 Å². The molecular weight excluding hydrogens is 387 g/mol. The minimum absolute atomic E-state index is 0.0356. The van der Waals surface area contributed by atoms with Gasteiger partial charge in [-0.2, -0.15) is 5.10 Å². The summed E-state index contributed by atoms with van der Waals surface area (Å²) in [6, 6.07) is 0.512. The average Bonchev–Trinajstić information content (AvgIpc) is 3.27. The van der Waals surface area contributed by atoms with Crippen LogP contribution in [0.2, 0.25) is 0 Å². The molecule has 2 aliphatic heterocycles. The van der Waals surface area contributed by atoms with E-state index in [0.717, 1.165) is 18.9 Å². The summed E-state index contributed by atoms with van der Waals surface area (Å²) >= 11 is 0. The average molecular weight is 409 g/mol. The number of nitrogens with zero attached hydrogens (tertiary/aromatic N) is 4. The highest BCUT2D eigenvalue weighted by atomic mass is 19.2. The van der Waals surface area contributed by atoms with Crippen molar-refractivity contribution in [1.82, 2.24) is 19.7 Å². The Morgan fingerprint density at radius 1 is 1.24 bits per heavy atom. The topological polar surface area (TPSA) is 86.3 Å². The zero-order chi connectivity index (χ0) is 20.5. The summed E-state index contributed by atoms with van der Waals surface area (Å²) in [4.78, 5) is 18.8. The zero-order valence-corrected chi connectivity index (χ0v) is 15.7. The number of halogens is 3. The summed E-state index contributed by atoms with van der Waals surface area (Å²) in [5, 5.41) is 4.50. The first-order valence-corrected chi connectivity index (χ1v) is 9.59. The Morgan fingerprint density at radius 2 is 2.00 bits per heavy atom. The fourth-order valence-corrected chi connectivity index (χ4v) is 3.74. The predicted molar refractivity (Wildman–Crippen MR) is 96.2 cm³/mol. The molecular formula is C19H22F3N5O2. The molecule has 2 N–H and O–H groups in total. The molecule has 3 heterocycles. The fraction of sp³-hybridized carbons (Fsp3) is 0.526. The van der Waals surface area contributed by atoms with Gasteiger partial charge in [0, 0.05) is 25.1 Å². The van der Waals surface area contributed by atoms with Gasteiger partial charge in [0.1, 0.15) is 18.2 Å². The van der Waals surface area contributed by atoms with Gasteiger partial charge < -0.3 is 15.4 Å². The summed E-state index contributed by atoms with van der Waals surface area (Å²) in [5.41, 5.74) is 5.95. The zero-order valence-electron chi connectivity index (χ0n) is 15.7. The SMILES string of the molecule is N[C@@H](CC(=O)N1CCC[C@H]1c1ncn(C2COC2)n1)Cc1cc(F)c(F)cc1F. The summed E-state index contributed by atoms with van der Waals surface area (Å²) in [6.07, 6.45) is 3.13. The minimum Gasteiger partial charge on any atom is -0.377 e. The second kappa shape index (κ2) is 8.11. The molecule has 2 aliphatic rings. The highest BCUT2D eigenvalue weighted by Crippen LogP contribution is 2.31. The van der Waals surface area contributed by atoms with Gasteiger partial charge in [-0.15, -0.1) is 0 Å². The normalized spacial score (nSPS) is 20.7. The van der Waals surface area contributed by atoms with Gasteiger partial charge in [-0.25, -0.2) is 22.8 Å². The van der Waals surface area contributed by atoms with Gasteiger partial charge in [0.2, 0.25) is 5.91 Å². The molecule has 0 unspecified atom stereocenters. The van der Waals surface area contributed by atoms with E-state index in [2.05, 4.69) is 10.1 Å². The van der Waals surface area contributed by atoms with Gasteiger partial charge in [0.15, 0.2) is 17.5 Å². The summed E-state index contributed by atoms with van der Waals surface area (Å²) < 4.78 is 47.2. The predicted octanol–water partition coefficient (Wildman–Crippen LogP) is 1.89. The Balaban J connectivity index is 1.39. The number of ether oxygens (including phenoxy) is 1. The standard InChI is InChI=1S/C19H22F3N5O2/c20-14-7-16(22)15(21)5-11(14)4-12(23)6-18(28)26-3-1-2-17(26)19-24-10-27(25-19)13-8-29-9-13/h5,7,10,12-13,17H,1-4,6,8-9,23H2/t12-,17+/m1/s1. The Hall–Kier alpha value is -2.46. The van der Waals surface area contributed by atoms with Gasteiger partial charge in [0.25, 0.3) is 0 Å². The molecule has 2 aromatic rings. The van der Waals surface area contributed by atoms with E-state index in [4.69, 9.17) is 10.5 Å². The largest absolute Gasteiger partial charge is 0.377 e. The van der Waals surface area contributed by atoms with Crippen molar-refractivity contribution in [3.8, 4) is 0 Å². The van der Waals surface area contributed by atoms with Gasteiger partial charge in [-0.3, -0.25) is 4.79 Å². The maximum Gasteiger partial charge on any atom is 0.224 e. The maximum absolute atomic E-state index is 13.8. The van der Waals surface area contributed by atoms with Crippen molar-refractivity contribution in [1.29, 1.82) is 0 Å². The van der Waals surface area contributed by atoms with E-state index in [-0.39, 0.29) is 36.4 Å². The van der Waals surface area contributed by atoms with Crippen molar-refractivity contribution < 1.29 is 22.7 Å². The number of rotatable bonds is 6. The third kappa shape index (κ3) is 4.13. The second-order valence-electron chi connectivity index (χ2n) is 7.55. The van der Waals surface area contributed by atoms with Crippen LogP contribution in [0.1, 0.15) is 42.7 Å². The molecule has 29 heavy (non-hydrogen) atoms. The Kier molecular flexibility index (Phi) is 5.55. The third-order valence-corrected chi connectivity index (χ3v) is 5.40. The van der Waals surface area contributed by atoms with Crippen LogP contribution in [-0.2, 0) is 16.0 Å². The number of hydrogen-bond donors (Lipinski definition) is 1. The van der Waals surface area contributed by atoms with E-state index >= 15 is 0 Å². The molecule has 2 atom stereocenters. The monoisotopic (exact) mass is 409 g/mol. The lowest BCUT2D eigenvalue weighted by Crippen LogP contribution is -2.37. The van der Waals surface area contributed by atoms with E-state index in [1.54, 1.807) is 15.9 Å². The second-order valence-corrected chi connectivity index (χ2v) is 7.55. The molecule has 1 aromatic heterocycles. The summed E-state index contributed by atoms with van der Waals surface area (Å²) in [6.45, 7) is 1.77. The van der Waals surface area contributed by atoms with Crippen molar-refractivity contribution >= 4 is 5.91 Å². The molecule has 0 bridgehead atoms. The number of amides is 1. The molecule has 156 valence electrons.